The first-order chi connectivity index (χ1) is 18.5. The molecule has 0 saturated carbocycles. The molecule has 6 rings (SSSR count). The van der Waals surface area contributed by atoms with Crippen molar-refractivity contribution in [3.63, 3.8) is 0 Å². The fourth-order valence-electron chi connectivity index (χ4n) is 4.90. The lowest BCUT2D eigenvalue weighted by Gasteiger charge is -2.37. The molecule has 2 aliphatic heterocycles. The Labute approximate surface area is 226 Å². The van der Waals surface area contributed by atoms with Crippen LogP contribution in [0.15, 0.2) is 84.9 Å². The van der Waals surface area contributed by atoms with E-state index in [4.69, 9.17) is 9.47 Å². The van der Waals surface area contributed by atoms with Gasteiger partial charge in [-0.15, -0.1) is 0 Å². The summed E-state index contributed by atoms with van der Waals surface area (Å²) in [5.41, 5.74) is 5.91. The van der Waals surface area contributed by atoms with Crippen LogP contribution < -0.4 is 15.0 Å². The molecule has 1 unspecified atom stereocenters. The molecule has 0 aromatic heterocycles. The predicted octanol–water partition coefficient (Wildman–Crippen LogP) is 8.43. The second-order valence-corrected chi connectivity index (χ2v) is 8.95. The monoisotopic (exact) mass is 508 g/mol. The maximum Gasteiger partial charge on any atom is 0.340 e. The van der Waals surface area contributed by atoms with Crippen molar-refractivity contribution in [3.8, 4) is 11.5 Å². The Hall–Kier alpha value is -4.25. The van der Waals surface area contributed by atoms with Gasteiger partial charge in [0.05, 0.1) is 5.56 Å². The summed E-state index contributed by atoms with van der Waals surface area (Å²) in [5, 5.41) is 3.51. The van der Waals surface area contributed by atoms with E-state index in [0.717, 1.165) is 39.3 Å². The molecule has 5 nitrogen and oxygen atoms in total. The minimum atomic E-state index is -1.08. The molecule has 4 aromatic rings. The number of anilines is 3. The van der Waals surface area contributed by atoms with Crippen molar-refractivity contribution >= 4 is 23.0 Å². The third-order valence-electron chi connectivity index (χ3n) is 6.61. The summed E-state index contributed by atoms with van der Waals surface area (Å²) in [5.74, 6) is 1.04. The number of nitrogens with one attached hydrogen (secondary N) is 1. The zero-order valence-electron chi connectivity index (χ0n) is 23.3. The van der Waals surface area contributed by atoms with E-state index < -0.39 is 5.60 Å². The number of ether oxygens (including phenoxy) is 2. The van der Waals surface area contributed by atoms with E-state index in [9.17, 15) is 4.79 Å². The number of carbonyl (C=O) groups excluding carboxylic acids is 1. The largest absolute Gasteiger partial charge is 0.456 e. The lowest BCUT2D eigenvalue weighted by Crippen LogP contribution is -2.33. The molecule has 0 fully saturated rings. The van der Waals surface area contributed by atoms with Crippen LogP contribution in [0.4, 0.5) is 17.1 Å². The molecule has 196 valence electrons. The van der Waals surface area contributed by atoms with Crippen LogP contribution in [0.1, 0.15) is 60.3 Å². The smallest absolute Gasteiger partial charge is 0.340 e. The van der Waals surface area contributed by atoms with Crippen LogP contribution in [0.2, 0.25) is 0 Å². The molecule has 0 saturated heterocycles. The summed E-state index contributed by atoms with van der Waals surface area (Å²) in [6.45, 7) is 10.0. The van der Waals surface area contributed by atoms with Gasteiger partial charge in [-0.1, -0.05) is 64.1 Å². The van der Waals surface area contributed by atoms with Gasteiger partial charge in [0.15, 0.2) is 5.60 Å². The van der Waals surface area contributed by atoms with Crippen LogP contribution in [0.25, 0.3) is 0 Å². The van der Waals surface area contributed by atoms with E-state index >= 15 is 0 Å². The molecule has 2 heterocycles. The molecule has 0 bridgehead atoms. The Morgan fingerprint density at radius 3 is 2.11 bits per heavy atom. The minimum Gasteiger partial charge on any atom is -0.456 e. The fourth-order valence-corrected chi connectivity index (χ4v) is 4.90. The zero-order chi connectivity index (χ0) is 27.4. The van der Waals surface area contributed by atoms with Gasteiger partial charge in [-0.05, 0) is 55.0 Å². The second kappa shape index (κ2) is 11.0. The van der Waals surface area contributed by atoms with Gasteiger partial charge in [0.1, 0.15) is 11.5 Å². The number of esters is 1. The summed E-state index contributed by atoms with van der Waals surface area (Å²) in [7, 11) is 3.98. The van der Waals surface area contributed by atoms with Gasteiger partial charge >= 0.3 is 5.97 Å². The molecule has 4 aromatic carbocycles. The number of hydrogen-bond acceptors (Lipinski definition) is 5. The number of rotatable bonds is 3. The minimum absolute atomic E-state index is 0.329. The highest BCUT2D eigenvalue weighted by atomic mass is 16.6. The van der Waals surface area contributed by atoms with Crippen LogP contribution in [-0.4, -0.2) is 20.1 Å². The second-order valence-electron chi connectivity index (χ2n) is 8.95. The van der Waals surface area contributed by atoms with Crippen LogP contribution in [0.5, 0.6) is 11.5 Å². The molecule has 5 heteroatoms. The van der Waals surface area contributed by atoms with Crippen molar-refractivity contribution in [3.05, 3.63) is 113 Å². The Balaban J connectivity index is 0.000000804. The maximum absolute atomic E-state index is 13.1. The standard InChI is InChI=1S/C29H24N2O3.2C2H6/c1-18-15-26-24(17-25(18)30-19-9-5-4-6-10-19)29(22-12-8-7-11-21(22)28(32)34-29)23-14-13-20(31(2)3)16-27(23)33-26;2*1-2/h4-17,30H,1-3H3;2*1-2H3. The third-order valence-corrected chi connectivity index (χ3v) is 6.61. The van der Waals surface area contributed by atoms with Crippen molar-refractivity contribution in [2.75, 3.05) is 24.3 Å². The molecule has 0 radical (unpaired) electrons. The Kier molecular flexibility index (Phi) is 7.77. The molecule has 1 N–H and O–H groups in total. The molecule has 0 aliphatic carbocycles. The number of hydrogen-bond donors (Lipinski definition) is 1. The molecular weight excluding hydrogens is 472 g/mol. The van der Waals surface area contributed by atoms with Crippen LogP contribution in [-0.2, 0) is 10.3 Å². The van der Waals surface area contributed by atoms with Gasteiger partial charge in [0.2, 0.25) is 0 Å². The van der Waals surface area contributed by atoms with Crippen LogP contribution in [0.3, 0.4) is 0 Å². The SMILES string of the molecule is CC.CC.Cc1cc2c(cc1Nc1ccccc1)C1(OC(=O)c3ccccc31)c1ccc(N(C)C)cc1O2. The highest BCUT2D eigenvalue weighted by Gasteiger charge is 2.53. The van der Waals surface area contributed by atoms with Gasteiger partial charge < -0.3 is 19.7 Å². The number of nitrogens with zero attached hydrogens (tertiary/aromatic N) is 1. The van der Waals surface area contributed by atoms with E-state index in [2.05, 4.69) is 11.4 Å². The number of carbonyl (C=O) groups is 1. The zero-order valence-corrected chi connectivity index (χ0v) is 23.3. The molecule has 1 atom stereocenters. The average molecular weight is 509 g/mol. The van der Waals surface area contributed by atoms with E-state index in [-0.39, 0.29) is 5.97 Å². The molecular formula is C33H36N2O3. The Morgan fingerprint density at radius 1 is 0.737 bits per heavy atom. The predicted molar refractivity (Wildman–Crippen MR) is 156 cm³/mol. The van der Waals surface area contributed by atoms with E-state index in [1.807, 2.05) is 132 Å². The first-order valence-corrected chi connectivity index (χ1v) is 13.3. The summed E-state index contributed by atoms with van der Waals surface area (Å²) in [4.78, 5) is 15.1. The Morgan fingerprint density at radius 2 is 1.39 bits per heavy atom. The average Bonchev–Trinajstić information content (AvgIpc) is 3.25. The number of para-hydroxylation sites is 1. The molecule has 38 heavy (non-hydrogen) atoms. The van der Waals surface area contributed by atoms with E-state index in [0.29, 0.717) is 17.1 Å². The van der Waals surface area contributed by atoms with Crippen LogP contribution in [0, 0.1) is 6.92 Å². The highest BCUT2D eigenvalue weighted by Crippen LogP contribution is 2.57. The van der Waals surface area contributed by atoms with Crippen molar-refractivity contribution in [1.29, 1.82) is 0 Å². The van der Waals surface area contributed by atoms with E-state index in [1.165, 1.54) is 0 Å². The van der Waals surface area contributed by atoms with Crippen molar-refractivity contribution in [2.24, 2.45) is 0 Å². The quantitative estimate of drug-likeness (QED) is 0.282. The Bertz CT molecular complexity index is 1450. The summed E-state index contributed by atoms with van der Waals surface area (Å²) in [6, 6.07) is 27.7. The molecule has 1 spiro atoms. The van der Waals surface area contributed by atoms with Crippen molar-refractivity contribution in [2.45, 2.75) is 40.2 Å². The lowest BCUT2D eigenvalue weighted by molar-refractivity contribution is 0.0224. The van der Waals surface area contributed by atoms with E-state index in [1.54, 1.807) is 0 Å². The summed E-state index contributed by atoms with van der Waals surface area (Å²) in [6.07, 6.45) is 0. The number of fused-ring (bicyclic) bond motifs is 6. The lowest BCUT2D eigenvalue weighted by atomic mass is 9.77. The van der Waals surface area contributed by atoms with Gasteiger partial charge in [-0.2, -0.15) is 0 Å². The highest BCUT2D eigenvalue weighted by molar-refractivity contribution is 5.97. The molecule has 2 aliphatic rings. The van der Waals surface area contributed by atoms with Gasteiger partial charge in [0.25, 0.3) is 0 Å². The van der Waals surface area contributed by atoms with Crippen molar-refractivity contribution < 1.29 is 14.3 Å². The third kappa shape index (κ3) is 4.38. The summed E-state index contributed by atoms with van der Waals surface area (Å²) >= 11 is 0. The summed E-state index contributed by atoms with van der Waals surface area (Å²) < 4.78 is 12.7. The first-order valence-electron chi connectivity index (χ1n) is 13.3. The van der Waals surface area contributed by atoms with Crippen LogP contribution >= 0.6 is 0 Å². The maximum atomic E-state index is 13.1. The topological polar surface area (TPSA) is 50.8 Å². The number of benzene rings is 4. The van der Waals surface area contributed by atoms with Gasteiger partial charge in [0, 0.05) is 53.9 Å². The van der Waals surface area contributed by atoms with Gasteiger partial charge in [-0.3, -0.25) is 0 Å². The molecule has 0 amide bonds. The fraction of sp³-hybridized carbons (Fsp3) is 0.242. The van der Waals surface area contributed by atoms with Crippen molar-refractivity contribution in [1.82, 2.24) is 0 Å². The van der Waals surface area contributed by atoms with Gasteiger partial charge in [-0.25, -0.2) is 4.79 Å². The normalized spacial score (nSPS) is 15.8. The number of aryl methyl sites for hydroxylation is 1. The first kappa shape index (κ1) is 26.8.